The summed E-state index contributed by atoms with van der Waals surface area (Å²) >= 11 is 0. The second-order valence-corrected chi connectivity index (χ2v) is 4.92. The Labute approximate surface area is 110 Å². The van der Waals surface area contributed by atoms with Crippen molar-refractivity contribution in [3.05, 3.63) is 29.8 Å². The van der Waals surface area contributed by atoms with Crippen LogP contribution in [0.15, 0.2) is 24.3 Å². The lowest BCUT2D eigenvalue weighted by atomic mass is 10.1. The maximum absolute atomic E-state index is 5.54. The summed E-state index contributed by atoms with van der Waals surface area (Å²) in [6.07, 6.45) is 0. The zero-order valence-corrected chi connectivity index (χ0v) is 11.9. The van der Waals surface area contributed by atoms with Crippen molar-refractivity contribution in [2.45, 2.75) is 26.8 Å². The minimum absolute atomic E-state index is 0.308. The van der Waals surface area contributed by atoms with E-state index >= 15 is 0 Å². The lowest BCUT2D eigenvalue weighted by Gasteiger charge is -2.15. The first-order valence-corrected chi connectivity index (χ1v) is 6.58. The molecule has 0 aliphatic rings. The largest absolute Gasteiger partial charge is 0.497 e. The topological polar surface area (TPSA) is 30.5 Å². The fourth-order valence-corrected chi connectivity index (χ4v) is 1.70. The van der Waals surface area contributed by atoms with Gasteiger partial charge in [0, 0.05) is 19.2 Å². The molecule has 0 fully saturated rings. The molecule has 0 amide bonds. The van der Waals surface area contributed by atoms with Crippen LogP contribution in [0, 0.1) is 5.92 Å². The van der Waals surface area contributed by atoms with Crippen molar-refractivity contribution >= 4 is 0 Å². The van der Waals surface area contributed by atoms with E-state index in [0.717, 1.165) is 25.5 Å². The van der Waals surface area contributed by atoms with Gasteiger partial charge in [-0.15, -0.1) is 0 Å². The lowest BCUT2D eigenvalue weighted by molar-refractivity contribution is 0.110. The Balaban J connectivity index is 2.29. The molecule has 0 aromatic heterocycles. The number of nitrogens with one attached hydrogen (secondary N) is 1. The average Bonchev–Trinajstić information content (AvgIpc) is 2.37. The van der Waals surface area contributed by atoms with Crippen molar-refractivity contribution in [3.63, 3.8) is 0 Å². The van der Waals surface area contributed by atoms with Gasteiger partial charge in [-0.1, -0.05) is 26.0 Å². The van der Waals surface area contributed by atoms with E-state index in [-0.39, 0.29) is 0 Å². The maximum atomic E-state index is 5.54. The van der Waals surface area contributed by atoms with Crippen LogP contribution in [0.25, 0.3) is 0 Å². The van der Waals surface area contributed by atoms with Crippen LogP contribution in [-0.4, -0.2) is 26.9 Å². The Hall–Kier alpha value is -1.06. The molecule has 0 unspecified atom stereocenters. The Morgan fingerprint density at radius 1 is 1.22 bits per heavy atom. The number of methoxy groups -OCH3 is 1. The van der Waals surface area contributed by atoms with E-state index in [2.05, 4.69) is 38.2 Å². The van der Waals surface area contributed by atoms with Crippen molar-refractivity contribution in [1.29, 1.82) is 0 Å². The lowest BCUT2D eigenvalue weighted by Crippen LogP contribution is -2.23. The van der Waals surface area contributed by atoms with Crippen molar-refractivity contribution in [1.82, 2.24) is 5.32 Å². The average molecular weight is 251 g/mol. The van der Waals surface area contributed by atoms with Crippen LogP contribution in [0.1, 0.15) is 32.4 Å². The monoisotopic (exact) mass is 251 g/mol. The quantitative estimate of drug-likeness (QED) is 0.720. The van der Waals surface area contributed by atoms with Crippen LogP contribution in [0.4, 0.5) is 0 Å². The molecule has 1 N–H and O–H groups in total. The van der Waals surface area contributed by atoms with Crippen LogP contribution in [-0.2, 0) is 4.74 Å². The molecule has 0 saturated carbocycles. The van der Waals surface area contributed by atoms with Gasteiger partial charge in [-0.25, -0.2) is 0 Å². The minimum atomic E-state index is 0.308. The molecule has 3 nitrogen and oxygen atoms in total. The highest BCUT2D eigenvalue weighted by Crippen LogP contribution is 2.18. The Morgan fingerprint density at radius 3 is 2.67 bits per heavy atom. The Morgan fingerprint density at radius 2 is 2.00 bits per heavy atom. The molecular formula is C15H25NO2. The van der Waals surface area contributed by atoms with E-state index in [1.54, 1.807) is 7.11 Å². The van der Waals surface area contributed by atoms with Gasteiger partial charge in [-0.2, -0.15) is 0 Å². The maximum Gasteiger partial charge on any atom is 0.119 e. The summed E-state index contributed by atoms with van der Waals surface area (Å²) in [5.41, 5.74) is 1.23. The summed E-state index contributed by atoms with van der Waals surface area (Å²) in [5.74, 6) is 1.50. The number of benzene rings is 1. The molecule has 0 aliphatic carbocycles. The molecule has 1 atom stereocenters. The predicted octanol–water partition coefficient (Wildman–Crippen LogP) is 3.02. The smallest absolute Gasteiger partial charge is 0.119 e. The van der Waals surface area contributed by atoms with Gasteiger partial charge in [-0.3, -0.25) is 0 Å². The molecule has 0 radical (unpaired) electrons. The number of hydrogen-bond donors (Lipinski definition) is 1. The van der Waals surface area contributed by atoms with E-state index in [9.17, 15) is 0 Å². The molecule has 102 valence electrons. The van der Waals surface area contributed by atoms with Crippen LogP contribution in [0.5, 0.6) is 5.75 Å². The van der Waals surface area contributed by atoms with Gasteiger partial charge in [0.05, 0.1) is 13.7 Å². The van der Waals surface area contributed by atoms with Crippen molar-refractivity contribution < 1.29 is 9.47 Å². The predicted molar refractivity (Wildman–Crippen MR) is 75.1 cm³/mol. The summed E-state index contributed by atoms with van der Waals surface area (Å²) in [5, 5.41) is 3.44. The molecule has 0 saturated heterocycles. The third kappa shape index (κ3) is 5.52. The van der Waals surface area contributed by atoms with Crippen LogP contribution in [0.2, 0.25) is 0 Å². The molecule has 0 aliphatic heterocycles. The van der Waals surface area contributed by atoms with E-state index in [1.807, 2.05) is 12.1 Å². The van der Waals surface area contributed by atoms with Crippen LogP contribution in [0.3, 0.4) is 0 Å². The molecule has 1 aromatic rings. The normalized spacial score (nSPS) is 12.7. The molecule has 1 aromatic carbocycles. The van der Waals surface area contributed by atoms with Crippen LogP contribution < -0.4 is 10.1 Å². The highest BCUT2D eigenvalue weighted by atomic mass is 16.5. The number of ether oxygens (including phenoxy) is 2. The first-order chi connectivity index (χ1) is 8.63. The summed E-state index contributed by atoms with van der Waals surface area (Å²) in [6, 6.07) is 8.45. The first kappa shape index (κ1) is 15.0. The van der Waals surface area contributed by atoms with E-state index in [1.165, 1.54) is 5.56 Å². The van der Waals surface area contributed by atoms with Gasteiger partial charge in [-0.05, 0) is 30.5 Å². The zero-order valence-electron chi connectivity index (χ0n) is 11.9. The van der Waals surface area contributed by atoms with Gasteiger partial charge in [0.1, 0.15) is 5.75 Å². The van der Waals surface area contributed by atoms with E-state index in [4.69, 9.17) is 9.47 Å². The first-order valence-electron chi connectivity index (χ1n) is 6.58. The molecule has 0 bridgehead atoms. The van der Waals surface area contributed by atoms with Gasteiger partial charge in [0.25, 0.3) is 0 Å². The number of hydrogen-bond acceptors (Lipinski definition) is 3. The van der Waals surface area contributed by atoms with Crippen molar-refractivity contribution in [2.24, 2.45) is 5.92 Å². The molecular weight excluding hydrogens is 226 g/mol. The second kappa shape index (κ2) is 8.11. The summed E-state index contributed by atoms with van der Waals surface area (Å²) < 4.78 is 10.8. The fraction of sp³-hybridized carbons (Fsp3) is 0.600. The highest BCUT2D eigenvalue weighted by molar-refractivity contribution is 5.30. The standard InChI is InChI=1S/C15H25NO2/c1-12(2)11-18-9-8-16-13(3)14-6-5-7-15(10-14)17-4/h5-7,10,12-13,16H,8-9,11H2,1-4H3/t13-/m0/s1. The number of rotatable bonds is 8. The third-order valence-electron chi connectivity index (χ3n) is 2.74. The molecule has 0 spiro atoms. The minimum Gasteiger partial charge on any atom is -0.497 e. The molecule has 18 heavy (non-hydrogen) atoms. The van der Waals surface area contributed by atoms with Crippen molar-refractivity contribution in [2.75, 3.05) is 26.9 Å². The van der Waals surface area contributed by atoms with Gasteiger partial charge in [0.15, 0.2) is 0 Å². The second-order valence-electron chi connectivity index (χ2n) is 4.92. The molecule has 0 heterocycles. The third-order valence-corrected chi connectivity index (χ3v) is 2.74. The van der Waals surface area contributed by atoms with Gasteiger partial charge >= 0.3 is 0 Å². The van der Waals surface area contributed by atoms with E-state index < -0.39 is 0 Å². The zero-order chi connectivity index (χ0) is 13.4. The molecule has 1 rings (SSSR count). The van der Waals surface area contributed by atoms with Crippen molar-refractivity contribution in [3.8, 4) is 5.75 Å². The summed E-state index contributed by atoms with van der Waals surface area (Å²) in [4.78, 5) is 0. The highest BCUT2D eigenvalue weighted by Gasteiger charge is 2.05. The van der Waals surface area contributed by atoms with E-state index in [0.29, 0.717) is 12.0 Å². The summed E-state index contributed by atoms with van der Waals surface area (Å²) in [7, 11) is 1.69. The Bertz CT molecular complexity index is 339. The fourth-order valence-electron chi connectivity index (χ4n) is 1.70. The van der Waals surface area contributed by atoms with Gasteiger partial charge < -0.3 is 14.8 Å². The summed E-state index contributed by atoms with van der Waals surface area (Å²) in [6.45, 7) is 8.92. The van der Waals surface area contributed by atoms with Gasteiger partial charge in [0.2, 0.25) is 0 Å². The Kier molecular flexibility index (Phi) is 6.76. The van der Waals surface area contributed by atoms with Crippen LogP contribution >= 0.6 is 0 Å². The molecule has 3 heteroatoms. The SMILES string of the molecule is COc1cccc([C@H](C)NCCOCC(C)C)c1.